The van der Waals surface area contributed by atoms with Crippen molar-refractivity contribution in [2.75, 3.05) is 12.4 Å². The summed E-state index contributed by atoms with van der Waals surface area (Å²) in [4.78, 5) is 32.3. The number of amides is 1. The molecule has 1 heterocycles. The molecule has 0 saturated carbocycles. The summed E-state index contributed by atoms with van der Waals surface area (Å²) in [6.45, 7) is 1.68. The van der Waals surface area contributed by atoms with Crippen molar-refractivity contribution in [2.24, 2.45) is 10.9 Å². The molecule has 1 amide bonds. The minimum absolute atomic E-state index is 0.0589. The summed E-state index contributed by atoms with van der Waals surface area (Å²) in [5, 5.41) is 2.48. The average Bonchev–Trinajstić information content (AvgIpc) is 2.92. The lowest BCUT2D eigenvalue weighted by Crippen LogP contribution is -2.40. The number of carbonyl (C=O) groups is 2. The van der Waals surface area contributed by atoms with E-state index < -0.39 is 29.5 Å². The number of rotatable bonds is 5. The van der Waals surface area contributed by atoms with Crippen LogP contribution in [0.1, 0.15) is 48.3 Å². The number of para-hydroxylation sites is 2. The van der Waals surface area contributed by atoms with Gasteiger partial charge in [0.25, 0.3) is 0 Å². The molecule has 3 aromatic carbocycles. The highest BCUT2D eigenvalue weighted by Crippen LogP contribution is 2.48. The largest absolute Gasteiger partial charge is 0.496 e. The molecule has 0 fully saturated rings. The highest BCUT2D eigenvalue weighted by Gasteiger charge is 2.45. The third-order valence-electron chi connectivity index (χ3n) is 7.41. The maximum Gasteiger partial charge on any atom is 0.418 e. The first kappa shape index (κ1) is 26.4. The van der Waals surface area contributed by atoms with Crippen LogP contribution in [0.5, 0.6) is 5.75 Å². The van der Waals surface area contributed by atoms with Crippen LogP contribution >= 0.6 is 0 Å². The zero-order valence-corrected chi connectivity index (χ0v) is 21.5. The summed E-state index contributed by atoms with van der Waals surface area (Å²) in [5.74, 6) is -2.17. The number of halogens is 3. The predicted molar refractivity (Wildman–Crippen MR) is 143 cm³/mol. The molecule has 3 atom stereocenters. The van der Waals surface area contributed by atoms with E-state index in [4.69, 9.17) is 9.73 Å². The third kappa shape index (κ3) is 5.11. The second-order valence-corrected chi connectivity index (χ2v) is 9.78. The van der Waals surface area contributed by atoms with E-state index in [9.17, 15) is 22.8 Å². The highest BCUT2D eigenvalue weighted by molar-refractivity contribution is 6.13. The molecular weight excluding hydrogens is 505 g/mol. The Kier molecular flexibility index (Phi) is 7.12. The molecular formula is C31H27F3N2O3. The molecule has 1 aliphatic carbocycles. The number of hydrogen-bond donors (Lipinski definition) is 1. The zero-order valence-electron chi connectivity index (χ0n) is 21.5. The fourth-order valence-corrected chi connectivity index (χ4v) is 5.67. The Hall–Kier alpha value is -4.20. The van der Waals surface area contributed by atoms with Gasteiger partial charge in [-0.25, -0.2) is 0 Å². The predicted octanol–water partition coefficient (Wildman–Crippen LogP) is 6.93. The number of allylic oxidation sites excluding steroid dienone is 2. The minimum atomic E-state index is -4.65. The number of alkyl halides is 3. The molecule has 5 rings (SSSR count). The minimum Gasteiger partial charge on any atom is -0.496 e. The van der Waals surface area contributed by atoms with Gasteiger partial charge in [-0.15, -0.1) is 0 Å². The van der Waals surface area contributed by atoms with Crippen LogP contribution in [-0.2, 0) is 15.8 Å². The monoisotopic (exact) mass is 532 g/mol. The summed E-state index contributed by atoms with van der Waals surface area (Å²) >= 11 is 0. The molecule has 0 bridgehead atoms. The van der Waals surface area contributed by atoms with Crippen LogP contribution < -0.4 is 10.1 Å². The van der Waals surface area contributed by atoms with Gasteiger partial charge < -0.3 is 10.1 Å². The van der Waals surface area contributed by atoms with E-state index in [0.717, 1.165) is 11.6 Å². The van der Waals surface area contributed by atoms with Gasteiger partial charge in [0, 0.05) is 34.9 Å². The van der Waals surface area contributed by atoms with Crippen molar-refractivity contribution >= 4 is 23.1 Å². The zero-order chi connectivity index (χ0) is 27.7. The first-order chi connectivity index (χ1) is 18.7. The normalized spacial score (nSPS) is 21.2. The molecule has 1 N–H and O–H groups in total. The Labute approximate surface area is 224 Å². The highest BCUT2D eigenvalue weighted by atomic mass is 19.4. The summed E-state index contributed by atoms with van der Waals surface area (Å²) in [5.41, 5.74) is 1.79. The van der Waals surface area contributed by atoms with Crippen molar-refractivity contribution in [3.63, 3.8) is 0 Å². The average molecular weight is 533 g/mol. The maximum atomic E-state index is 13.8. The molecule has 0 radical (unpaired) electrons. The van der Waals surface area contributed by atoms with Crippen LogP contribution in [0.25, 0.3) is 0 Å². The Morgan fingerprint density at radius 1 is 0.949 bits per heavy atom. The van der Waals surface area contributed by atoms with Gasteiger partial charge in [0.2, 0.25) is 5.91 Å². The SMILES string of the molecule is COc1ccccc1[C@@H]1C2=C(C[C@@H](c3ccccc3)CC2=O)N=C(C)C1C(=O)Nc1ccccc1C(F)(F)F. The molecule has 0 aromatic heterocycles. The van der Waals surface area contributed by atoms with Gasteiger partial charge in [-0.05, 0) is 43.0 Å². The second-order valence-electron chi connectivity index (χ2n) is 9.78. The fraction of sp³-hybridized carbons (Fsp3) is 0.258. The van der Waals surface area contributed by atoms with E-state index in [1.807, 2.05) is 30.3 Å². The lowest BCUT2D eigenvalue weighted by atomic mass is 9.69. The summed E-state index contributed by atoms with van der Waals surface area (Å²) in [7, 11) is 1.50. The molecule has 39 heavy (non-hydrogen) atoms. The quantitative estimate of drug-likeness (QED) is 0.388. The van der Waals surface area contributed by atoms with Gasteiger partial charge in [-0.2, -0.15) is 13.2 Å². The summed E-state index contributed by atoms with van der Waals surface area (Å²) in [6, 6.07) is 21.7. The summed E-state index contributed by atoms with van der Waals surface area (Å²) in [6.07, 6.45) is -3.89. The van der Waals surface area contributed by atoms with E-state index in [2.05, 4.69) is 5.32 Å². The van der Waals surface area contributed by atoms with Crippen molar-refractivity contribution in [1.82, 2.24) is 0 Å². The van der Waals surface area contributed by atoms with Gasteiger partial charge in [0.15, 0.2) is 5.78 Å². The van der Waals surface area contributed by atoms with Crippen molar-refractivity contribution < 1.29 is 27.5 Å². The fourth-order valence-electron chi connectivity index (χ4n) is 5.67. The van der Waals surface area contributed by atoms with Gasteiger partial charge in [-0.1, -0.05) is 60.7 Å². The number of nitrogens with zero attached hydrogens (tertiary/aromatic N) is 1. The van der Waals surface area contributed by atoms with Crippen LogP contribution in [0.2, 0.25) is 0 Å². The van der Waals surface area contributed by atoms with Gasteiger partial charge in [-0.3, -0.25) is 14.6 Å². The number of nitrogens with one attached hydrogen (secondary N) is 1. The van der Waals surface area contributed by atoms with E-state index in [1.165, 1.54) is 25.3 Å². The van der Waals surface area contributed by atoms with Gasteiger partial charge in [0.05, 0.1) is 24.3 Å². The number of ether oxygens (including phenoxy) is 1. The number of aliphatic imine (C=N–C) groups is 1. The van der Waals surface area contributed by atoms with Crippen molar-refractivity contribution in [3.05, 3.63) is 107 Å². The number of anilines is 1. The topological polar surface area (TPSA) is 67.8 Å². The third-order valence-corrected chi connectivity index (χ3v) is 7.41. The second kappa shape index (κ2) is 10.5. The number of benzene rings is 3. The molecule has 1 aliphatic heterocycles. The first-order valence-corrected chi connectivity index (χ1v) is 12.7. The summed E-state index contributed by atoms with van der Waals surface area (Å²) < 4.78 is 46.6. The molecule has 0 spiro atoms. The van der Waals surface area contributed by atoms with Gasteiger partial charge in [0.1, 0.15) is 5.75 Å². The molecule has 5 nitrogen and oxygen atoms in total. The Morgan fingerprint density at radius 3 is 2.33 bits per heavy atom. The lowest BCUT2D eigenvalue weighted by Gasteiger charge is -2.37. The maximum absolute atomic E-state index is 13.8. The first-order valence-electron chi connectivity index (χ1n) is 12.7. The Balaban J connectivity index is 1.59. The number of methoxy groups -OCH3 is 1. The Morgan fingerprint density at radius 2 is 1.62 bits per heavy atom. The number of Topliss-reactive ketones (excluding diaryl/α,β-unsaturated/α-hetero) is 1. The number of carbonyl (C=O) groups excluding carboxylic acids is 2. The number of hydrogen-bond acceptors (Lipinski definition) is 4. The van der Waals surface area contributed by atoms with Crippen molar-refractivity contribution in [3.8, 4) is 5.75 Å². The van der Waals surface area contributed by atoms with Crippen molar-refractivity contribution in [2.45, 2.75) is 37.8 Å². The molecule has 3 aromatic rings. The molecule has 8 heteroatoms. The van der Waals surface area contributed by atoms with Gasteiger partial charge >= 0.3 is 6.18 Å². The lowest BCUT2D eigenvalue weighted by molar-refractivity contribution is -0.137. The van der Waals surface area contributed by atoms with Crippen LogP contribution in [0.3, 0.4) is 0 Å². The van der Waals surface area contributed by atoms with E-state index in [-0.39, 0.29) is 23.8 Å². The molecule has 200 valence electrons. The van der Waals surface area contributed by atoms with E-state index >= 15 is 0 Å². The van der Waals surface area contributed by atoms with Crippen LogP contribution in [-0.4, -0.2) is 24.5 Å². The van der Waals surface area contributed by atoms with Crippen LogP contribution in [0, 0.1) is 5.92 Å². The molecule has 1 unspecified atom stereocenters. The molecule has 0 saturated heterocycles. The van der Waals surface area contributed by atoms with Crippen molar-refractivity contribution in [1.29, 1.82) is 0 Å². The van der Waals surface area contributed by atoms with E-state index in [0.29, 0.717) is 34.7 Å². The van der Waals surface area contributed by atoms with E-state index in [1.54, 1.807) is 31.2 Å². The smallest absolute Gasteiger partial charge is 0.418 e. The number of ketones is 1. The Bertz CT molecular complexity index is 1480. The van der Waals surface area contributed by atoms with Crippen LogP contribution in [0.15, 0.2) is 95.1 Å². The molecule has 2 aliphatic rings. The van der Waals surface area contributed by atoms with Crippen LogP contribution in [0.4, 0.5) is 18.9 Å². The standard InChI is InChI=1S/C31H27F3N2O3/c1-18-27(30(38)36-23-14-8-7-13-22(23)31(32,33)34)28(21-12-6-9-15-26(21)39-2)29-24(35-18)16-20(17-25(29)37)19-10-4-3-5-11-19/h3-15,20,27-28H,16-17H2,1-2H3,(H,36,38)/t20-,27?,28+/m1/s1.